The lowest BCUT2D eigenvalue weighted by atomic mass is 9.86. The molecule has 0 amide bonds. The van der Waals surface area contributed by atoms with Crippen LogP contribution in [-0.4, -0.2) is 84.9 Å². The number of nitrogens with zero attached hydrogens (tertiary/aromatic N) is 3. The summed E-state index contributed by atoms with van der Waals surface area (Å²) in [5.41, 5.74) is 2.54. The summed E-state index contributed by atoms with van der Waals surface area (Å²) in [5, 5.41) is 11.7. The molecule has 3 rings (SSSR count). The lowest BCUT2D eigenvalue weighted by Crippen LogP contribution is -2.33. The van der Waals surface area contributed by atoms with Gasteiger partial charge in [-0.25, -0.2) is 4.98 Å². The number of thiol groups is 1. The van der Waals surface area contributed by atoms with Crippen molar-refractivity contribution in [2.24, 2.45) is 16.3 Å². The van der Waals surface area contributed by atoms with Gasteiger partial charge in [-0.1, -0.05) is 6.42 Å². The molecule has 0 atom stereocenters. The fourth-order valence-corrected chi connectivity index (χ4v) is 4.55. The fraction of sp³-hybridized carbons (Fsp3) is 0.581. The van der Waals surface area contributed by atoms with Gasteiger partial charge in [0.25, 0.3) is 6.02 Å². The number of Topliss-reactive ketones (excluding diaryl/α,β-unsaturated/α-hetero) is 1. The Hall–Kier alpha value is -2.98. The first-order valence-electron chi connectivity index (χ1n) is 14.3. The average Bonchev–Trinajstić information content (AvgIpc) is 2.85. The summed E-state index contributed by atoms with van der Waals surface area (Å²) in [4.78, 5) is 25.2. The van der Waals surface area contributed by atoms with Gasteiger partial charge in [0, 0.05) is 29.6 Å². The van der Waals surface area contributed by atoms with E-state index in [1.807, 2.05) is 39.0 Å². The zero-order valence-electron chi connectivity index (χ0n) is 26.0. The highest BCUT2D eigenvalue weighted by Crippen LogP contribution is 2.54. The number of pyridine rings is 2. The van der Waals surface area contributed by atoms with Crippen molar-refractivity contribution in [3.8, 4) is 17.1 Å². The number of aromatic nitrogens is 2. The van der Waals surface area contributed by atoms with Crippen molar-refractivity contribution in [2.45, 2.75) is 47.0 Å². The monoisotopic (exact) mass is 587 g/mol. The lowest BCUT2D eigenvalue weighted by molar-refractivity contribution is -0.126. The molecule has 228 valence electrons. The third kappa shape index (κ3) is 10.7. The van der Waals surface area contributed by atoms with E-state index in [0.29, 0.717) is 36.6 Å². The second-order valence-corrected chi connectivity index (χ2v) is 22.1. The van der Waals surface area contributed by atoms with Gasteiger partial charge in [-0.15, -0.1) is 0 Å². The van der Waals surface area contributed by atoms with Crippen molar-refractivity contribution in [3.63, 3.8) is 0 Å². The third-order valence-electron chi connectivity index (χ3n) is 7.28. The number of carbonyl (C=O) groups is 1. The molecule has 1 aliphatic carbocycles. The van der Waals surface area contributed by atoms with Crippen LogP contribution in [0.2, 0.25) is 0 Å². The number of hydrogen-bond donors (Lipinski definition) is 3. The molecule has 1 saturated carbocycles. The van der Waals surface area contributed by atoms with Crippen LogP contribution in [0.5, 0.6) is 5.88 Å². The maximum Gasteiger partial charge on any atom is 0.293 e. The van der Waals surface area contributed by atoms with Crippen LogP contribution < -0.4 is 10.1 Å². The molecular formula is C31H49N5O4S. The Morgan fingerprint density at radius 1 is 1.17 bits per heavy atom. The molecule has 0 bridgehead atoms. The van der Waals surface area contributed by atoms with E-state index in [1.54, 1.807) is 19.3 Å². The number of hydrogen-bond acceptors (Lipinski definition) is 7. The summed E-state index contributed by atoms with van der Waals surface area (Å²) in [5.74, 6) is 2.17. The lowest BCUT2D eigenvalue weighted by Gasteiger charge is -2.46. The number of amidine groups is 2. The normalized spacial score (nSPS) is 15.4. The topological polar surface area (TPSA) is 119 Å². The predicted octanol–water partition coefficient (Wildman–Crippen LogP) is 5.10. The van der Waals surface area contributed by atoms with Crippen molar-refractivity contribution in [2.75, 3.05) is 57.3 Å². The molecule has 2 heterocycles. The SMILES string of the molecule is CC(=O)C(C)(C)COc1cc(C)c(-c2ccc(C(=N)/N=C(\NCOCC[SH](C)(C)(C)C)OCC3CCC3)cn2)cn1. The second-order valence-electron chi connectivity index (χ2n) is 13.8. The largest absolute Gasteiger partial charge is 0.477 e. The minimum atomic E-state index is -1.62. The van der Waals surface area contributed by atoms with Gasteiger partial charge >= 0.3 is 0 Å². The molecule has 9 nitrogen and oxygen atoms in total. The van der Waals surface area contributed by atoms with Crippen molar-refractivity contribution < 1.29 is 19.0 Å². The van der Waals surface area contributed by atoms with Gasteiger partial charge in [-0.3, -0.25) is 24.3 Å². The van der Waals surface area contributed by atoms with Gasteiger partial charge in [-0.2, -0.15) is 4.99 Å². The minimum Gasteiger partial charge on any atom is -0.477 e. The Morgan fingerprint density at radius 2 is 1.90 bits per heavy atom. The number of carbonyl (C=O) groups excluding carboxylic acids is 1. The van der Waals surface area contributed by atoms with Crippen molar-refractivity contribution >= 4 is 26.8 Å². The van der Waals surface area contributed by atoms with Crippen LogP contribution in [0.1, 0.15) is 51.2 Å². The summed E-state index contributed by atoms with van der Waals surface area (Å²) in [6.45, 7) is 9.02. The Kier molecular flexibility index (Phi) is 10.6. The van der Waals surface area contributed by atoms with Gasteiger partial charge in [0.15, 0.2) is 5.84 Å². The molecule has 0 saturated heterocycles. The molecule has 0 unspecified atom stereocenters. The van der Waals surface area contributed by atoms with Crippen molar-refractivity contribution in [1.29, 1.82) is 5.41 Å². The zero-order chi connectivity index (χ0) is 30.3. The molecule has 1 aliphatic rings. The molecule has 0 aromatic carbocycles. The molecule has 0 radical (unpaired) electrons. The van der Waals surface area contributed by atoms with Gasteiger partial charge in [0.05, 0.1) is 24.3 Å². The van der Waals surface area contributed by atoms with Crippen LogP contribution in [0.4, 0.5) is 0 Å². The van der Waals surface area contributed by atoms with E-state index < -0.39 is 14.6 Å². The maximum absolute atomic E-state index is 11.8. The average molecular weight is 588 g/mol. The van der Waals surface area contributed by atoms with Gasteiger partial charge in [0.1, 0.15) is 19.1 Å². The van der Waals surface area contributed by atoms with Crippen LogP contribution >= 0.6 is 9.16 Å². The fourth-order valence-electron chi connectivity index (χ4n) is 3.69. The van der Waals surface area contributed by atoms with E-state index in [1.165, 1.54) is 6.42 Å². The quantitative estimate of drug-likeness (QED) is 0.0981. The van der Waals surface area contributed by atoms with Crippen LogP contribution in [0.15, 0.2) is 35.6 Å². The number of ether oxygens (including phenoxy) is 3. The molecule has 2 N–H and O–H groups in total. The standard InChI is InChI=1S/C31H49N5O4S/c1-22-16-28(40-20-31(3,4)23(2)37)34-18-26(22)27-13-12-25(17-33-27)29(32)36-30(39-19-24-10-9-11-24)35-21-38-14-15-41(5,6,7)8/h12-13,16-18,24,41H,9-11,14-15,19-21H2,1-8H3,(H2,32,35,36). The summed E-state index contributed by atoms with van der Waals surface area (Å²) in [7, 11) is -1.62. The summed E-state index contributed by atoms with van der Waals surface area (Å²) in [6, 6.07) is 5.82. The Balaban J connectivity index is 1.63. The Morgan fingerprint density at radius 3 is 2.46 bits per heavy atom. The molecule has 2 aromatic rings. The summed E-state index contributed by atoms with van der Waals surface area (Å²) >= 11 is 0. The van der Waals surface area contributed by atoms with Gasteiger partial charge in [-0.05, 0) is 94.9 Å². The van der Waals surface area contributed by atoms with E-state index in [-0.39, 0.29) is 25.0 Å². The first-order chi connectivity index (χ1) is 19.1. The van der Waals surface area contributed by atoms with Crippen LogP contribution in [-0.2, 0) is 14.3 Å². The number of rotatable bonds is 13. The molecule has 0 aliphatic heterocycles. The van der Waals surface area contributed by atoms with Crippen molar-refractivity contribution in [1.82, 2.24) is 15.3 Å². The minimum absolute atomic E-state index is 0.0565. The van der Waals surface area contributed by atoms with Crippen LogP contribution in [0.25, 0.3) is 11.3 Å². The maximum atomic E-state index is 11.8. The Bertz CT molecular complexity index is 1240. The molecular weight excluding hydrogens is 538 g/mol. The highest BCUT2D eigenvalue weighted by atomic mass is 32.3. The number of aryl methyl sites for hydroxylation is 1. The molecule has 0 spiro atoms. The van der Waals surface area contributed by atoms with Crippen molar-refractivity contribution in [3.05, 3.63) is 41.7 Å². The Labute approximate surface area is 245 Å². The zero-order valence-corrected chi connectivity index (χ0v) is 26.9. The summed E-state index contributed by atoms with van der Waals surface area (Å²) in [6.07, 6.45) is 16.2. The first-order valence-corrected chi connectivity index (χ1v) is 18.5. The predicted molar refractivity (Wildman–Crippen MR) is 171 cm³/mol. The van der Waals surface area contributed by atoms with Crippen LogP contribution in [0.3, 0.4) is 0 Å². The molecule has 1 fully saturated rings. The van der Waals surface area contributed by atoms with E-state index in [0.717, 1.165) is 35.4 Å². The van der Waals surface area contributed by atoms with Gasteiger partial charge in [0.2, 0.25) is 5.88 Å². The third-order valence-corrected chi connectivity index (χ3v) is 9.25. The molecule has 41 heavy (non-hydrogen) atoms. The highest BCUT2D eigenvalue weighted by molar-refractivity contribution is 8.47. The van der Waals surface area contributed by atoms with E-state index in [4.69, 9.17) is 19.6 Å². The highest BCUT2D eigenvalue weighted by Gasteiger charge is 2.25. The van der Waals surface area contributed by atoms with Crippen LogP contribution in [0, 0.1) is 23.7 Å². The molecule has 10 heteroatoms. The smallest absolute Gasteiger partial charge is 0.293 e. The van der Waals surface area contributed by atoms with E-state index >= 15 is 0 Å². The van der Waals surface area contributed by atoms with Gasteiger partial charge < -0.3 is 19.5 Å². The number of nitrogens with one attached hydrogen (secondary N) is 2. The number of ketones is 1. The van der Waals surface area contributed by atoms with E-state index in [9.17, 15) is 4.79 Å². The molecule has 2 aromatic heterocycles. The number of aliphatic imine (C=N–C) groups is 1. The summed E-state index contributed by atoms with van der Waals surface area (Å²) < 4.78 is 17.5. The van der Waals surface area contributed by atoms with E-state index in [2.05, 4.69) is 45.3 Å². The second kappa shape index (κ2) is 13.3. The first kappa shape index (κ1) is 32.5.